The minimum absolute atomic E-state index is 0.0289. The summed E-state index contributed by atoms with van der Waals surface area (Å²) < 4.78 is 13.6. The quantitative estimate of drug-likeness (QED) is 0.227. The maximum Gasteiger partial charge on any atom is 0.330 e. The van der Waals surface area contributed by atoms with Crippen LogP contribution in [0.4, 0.5) is 0 Å². The highest BCUT2D eigenvalue weighted by Crippen LogP contribution is 1.86. The lowest BCUT2D eigenvalue weighted by Gasteiger charge is -2.09. The molecule has 0 radical (unpaired) electrons. The smallest absolute Gasteiger partial charge is 0.330 e. The molecule has 8 nitrogen and oxygen atoms in total. The molecule has 0 bridgehead atoms. The summed E-state index contributed by atoms with van der Waals surface area (Å²) in [7, 11) is 1.18. The zero-order chi connectivity index (χ0) is 15.1. The minimum atomic E-state index is -1.17. The fourth-order valence-electron chi connectivity index (χ4n) is 0.697. The van der Waals surface area contributed by atoms with Crippen molar-refractivity contribution in [1.29, 1.82) is 0 Å². The van der Waals surface area contributed by atoms with Crippen LogP contribution in [0, 0.1) is 0 Å². The highest BCUT2D eigenvalue weighted by atomic mass is 16.6. The second kappa shape index (κ2) is 14.6. The summed E-state index contributed by atoms with van der Waals surface area (Å²) in [5.74, 6) is -1.84. The topological polar surface area (TPSA) is 123 Å². The number of ether oxygens (including phenoxy) is 3. The van der Waals surface area contributed by atoms with Gasteiger partial charge in [0.1, 0.15) is 0 Å². The molecule has 0 aliphatic heterocycles. The van der Waals surface area contributed by atoms with E-state index in [1.54, 1.807) is 6.92 Å². The first kappa shape index (κ1) is 19.9. The lowest BCUT2D eigenvalue weighted by Crippen LogP contribution is -2.19. The van der Waals surface area contributed by atoms with Crippen LogP contribution in [0.5, 0.6) is 0 Å². The van der Waals surface area contributed by atoms with Crippen LogP contribution in [0.1, 0.15) is 6.92 Å². The van der Waals surface area contributed by atoms with Gasteiger partial charge in [-0.05, 0) is 6.92 Å². The van der Waals surface area contributed by atoms with Crippen molar-refractivity contribution in [2.45, 2.75) is 13.2 Å². The molecule has 0 aliphatic rings. The Hall–Kier alpha value is -1.48. The molecular weight excluding hydrogens is 260 g/mol. The Balaban J connectivity index is 0. The van der Waals surface area contributed by atoms with Crippen LogP contribution in [0.2, 0.25) is 0 Å². The number of carbonyl (C=O) groups excluding carboxylic acids is 1. The summed E-state index contributed by atoms with van der Waals surface area (Å²) >= 11 is 0. The molecule has 0 rings (SSSR count). The average Bonchev–Trinajstić information content (AvgIpc) is 2.37. The summed E-state index contributed by atoms with van der Waals surface area (Å²) in [5.41, 5.74) is 0. The monoisotopic (exact) mass is 280 g/mol. The van der Waals surface area contributed by atoms with Crippen molar-refractivity contribution in [3.05, 3.63) is 12.2 Å². The third-order valence-electron chi connectivity index (χ3n) is 1.42. The van der Waals surface area contributed by atoms with Crippen molar-refractivity contribution in [2.75, 3.05) is 33.5 Å². The maximum atomic E-state index is 10.1. The van der Waals surface area contributed by atoms with Gasteiger partial charge in [-0.3, -0.25) is 0 Å². The van der Waals surface area contributed by atoms with Crippen LogP contribution in [-0.4, -0.2) is 67.1 Å². The van der Waals surface area contributed by atoms with Gasteiger partial charge in [-0.15, -0.1) is 0 Å². The number of carboxylic acid groups (broad SMARTS) is 1. The fraction of sp³-hybridized carbons (Fsp3) is 0.636. The first-order valence-electron chi connectivity index (χ1n) is 5.45. The molecule has 112 valence electrons. The van der Waals surface area contributed by atoms with Crippen LogP contribution in [0.15, 0.2) is 12.2 Å². The van der Waals surface area contributed by atoms with Crippen molar-refractivity contribution in [3.8, 4) is 0 Å². The van der Waals surface area contributed by atoms with Gasteiger partial charge in [0, 0.05) is 18.8 Å². The molecule has 0 aromatic carbocycles. The van der Waals surface area contributed by atoms with Crippen molar-refractivity contribution in [1.82, 2.24) is 0 Å². The van der Waals surface area contributed by atoms with Gasteiger partial charge >= 0.3 is 11.9 Å². The molecule has 0 fully saturated rings. The summed E-state index contributed by atoms with van der Waals surface area (Å²) in [6.07, 6.45) is 0.685. The van der Waals surface area contributed by atoms with E-state index in [2.05, 4.69) is 4.74 Å². The molecule has 0 aliphatic carbocycles. The first-order chi connectivity index (χ1) is 8.97. The van der Waals surface area contributed by atoms with E-state index in [9.17, 15) is 9.59 Å². The number of hydrogen-bond acceptors (Lipinski definition) is 7. The summed E-state index contributed by atoms with van der Waals surface area (Å²) in [6, 6.07) is 0. The third-order valence-corrected chi connectivity index (χ3v) is 1.42. The number of aliphatic hydroxyl groups excluding tert-OH is 2. The van der Waals surface area contributed by atoms with E-state index in [1.807, 2.05) is 0 Å². The van der Waals surface area contributed by atoms with E-state index < -0.39 is 18.2 Å². The molecule has 0 heterocycles. The SMILES string of the molecule is CCOC(O)COCCO.COC(=O)C=CC(=O)O. The zero-order valence-corrected chi connectivity index (χ0v) is 10.9. The normalized spacial score (nSPS) is 11.6. The second-order valence-electron chi connectivity index (χ2n) is 2.90. The van der Waals surface area contributed by atoms with Crippen molar-refractivity contribution < 1.29 is 39.1 Å². The second-order valence-corrected chi connectivity index (χ2v) is 2.90. The van der Waals surface area contributed by atoms with E-state index in [1.165, 1.54) is 7.11 Å². The van der Waals surface area contributed by atoms with Gasteiger partial charge in [0.05, 0.1) is 26.9 Å². The highest BCUT2D eigenvalue weighted by Gasteiger charge is 2.00. The number of aliphatic carboxylic acids is 1. The Kier molecular flexibility index (Phi) is 15.2. The van der Waals surface area contributed by atoms with Crippen LogP contribution >= 0.6 is 0 Å². The van der Waals surface area contributed by atoms with E-state index in [0.29, 0.717) is 12.7 Å². The van der Waals surface area contributed by atoms with Gasteiger partial charge in [-0.1, -0.05) is 0 Å². The van der Waals surface area contributed by atoms with Gasteiger partial charge in [0.15, 0.2) is 6.29 Å². The molecule has 19 heavy (non-hydrogen) atoms. The van der Waals surface area contributed by atoms with Crippen molar-refractivity contribution >= 4 is 11.9 Å². The van der Waals surface area contributed by atoms with Gasteiger partial charge in [-0.25, -0.2) is 9.59 Å². The molecular formula is C11H20O8. The summed E-state index contributed by atoms with van der Waals surface area (Å²) in [5, 5.41) is 25.1. The molecule has 3 N–H and O–H groups in total. The Morgan fingerprint density at radius 2 is 1.95 bits per heavy atom. The number of rotatable bonds is 8. The number of hydrogen-bond donors (Lipinski definition) is 3. The van der Waals surface area contributed by atoms with E-state index in [0.717, 1.165) is 6.08 Å². The zero-order valence-electron chi connectivity index (χ0n) is 10.9. The van der Waals surface area contributed by atoms with E-state index in [4.69, 9.17) is 24.8 Å². The fourth-order valence-corrected chi connectivity index (χ4v) is 0.697. The Morgan fingerprint density at radius 3 is 2.37 bits per heavy atom. The average molecular weight is 280 g/mol. The number of carboxylic acids is 1. The molecule has 0 spiro atoms. The number of aliphatic hydroxyl groups is 2. The van der Waals surface area contributed by atoms with E-state index >= 15 is 0 Å². The summed E-state index contributed by atoms with van der Waals surface area (Å²) in [4.78, 5) is 19.9. The van der Waals surface area contributed by atoms with Crippen molar-refractivity contribution in [3.63, 3.8) is 0 Å². The maximum absolute atomic E-state index is 10.1. The highest BCUT2D eigenvalue weighted by molar-refractivity contribution is 5.90. The van der Waals surface area contributed by atoms with Crippen LogP contribution in [0.25, 0.3) is 0 Å². The van der Waals surface area contributed by atoms with Crippen LogP contribution in [0.3, 0.4) is 0 Å². The van der Waals surface area contributed by atoms with Crippen molar-refractivity contribution in [2.24, 2.45) is 0 Å². The molecule has 8 heteroatoms. The molecule has 1 atom stereocenters. The lowest BCUT2D eigenvalue weighted by atomic mass is 10.5. The molecule has 0 saturated carbocycles. The Morgan fingerprint density at radius 1 is 1.32 bits per heavy atom. The van der Waals surface area contributed by atoms with Gasteiger partial charge in [0.2, 0.25) is 0 Å². The van der Waals surface area contributed by atoms with Gasteiger partial charge < -0.3 is 29.5 Å². The molecule has 0 aromatic heterocycles. The molecule has 0 saturated heterocycles. The summed E-state index contributed by atoms with van der Waals surface area (Å²) in [6.45, 7) is 2.58. The number of esters is 1. The number of carbonyl (C=O) groups is 2. The lowest BCUT2D eigenvalue weighted by molar-refractivity contribution is -0.136. The van der Waals surface area contributed by atoms with Crippen LogP contribution in [-0.2, 0) is 23.8 Å². The molecule has 0 aromatic rings. The predicted molar refractivity (Wildman–Crippen MR) is 64.3 cm³/mol. The number of methoxy groups -OCH3 is 1. The minimum Gasteiger partial charge on any atom is -0.478 e. The Bertz CT molecular complexity index is 263. The first-order valence-corrected chi connectivity index (χ1v) is 5.45. The van der Waals surface area contributed by atoms with Crippen LogP contribution < -0.4 is 0 Å². The van der Waals surface area contributed by atoms with E-state index in [-0.39, 0.29) is 19.8 Å². The molecule has 0 amide bonds. The third kappa shape index (κ3) is 19.1. The predicted octanol–water partition coefficient (Wildman–Crippen LogP) is -0.850. The van der Waals surface area contributed by atoms with Gasteiger partial charge in [0.25, 0.3) is 0 Å². The molecule has 1 unspecified atom stereocenters. The van der Waals surface area contributed by atoms with Gasteiger partial charge in [-0.2, -0.15) is 0 Å². The largest absolute Gasteiger partial charge is 0.478 e. The Labute approximate surface area is 111 Å². The standard InChI is InChI=1S/C6H14O4.C5H6O4/c1-2-10-6(8)5-9-4-3-7;1-9-5(8)3-2-4(6)7/h6-8H,2-5H2,1H3;2-3H,1H3,(H,6,7).